The maximum Gasteiger partial charge on any atom is 0.416 e. The number of rotatable bonds is 5. The van der Waals surface area contributed by atoms with Crippen LogP contribution in [0.5, 0.6) is 0 Å². The molecule has 0 radical (unpaired) electrons. The molecule has 1 aromatic carbocycles. The summed E-state index contributed by atoms with van der Waals surface area (Å²) in [6, 6.07) is 8.44. The number of hydrogen-bond acceptors (Lipinski definition) is 5. The summed E-state index contributed by atoms with van der Waals surface area (Å²) in [4.78, 5) is 28.8. The largest absolute Gasteiger partial charge is 0.444 e. The molecule has 2 amide bonds. The summed E-state index contributed by atoms with van der Waals surface area (Å²) in [5.74, 6) is -0.274. The molecule has 7 heteroatoms. The molecule has 0 saturated carbocycles. The quantitative estimate of drug-likeness (QED) is 0.917. The van der Waals surface area contributed by atoms with Crippen molar-refractivity contribution < 1.29 is 14.3 Å². The van der Waals surface area contributed by atoms with Gasteiger partial charge in [-0.25, -0.2) is 14.7 Å². The molecule has 6 nitrogen and oxygen atoms in total. The fraction of sp³-hybridized carbons (Fsp3) is 0.214. The minimum atomic E-state index is -0.838. The molecule has 2 rings (SSSR count). The molecule has 21 heavy (non-hydrogen) atoms. The Morgan fingerprint density at radius 2 is 2.10 bits per heavy atom. The molecular weight excluding hydrogens is 290 g/mol. The predicted molar refractivity (Wildman–Crippen MR) is 79.9 cm³/mol. The maximum atomic E-state index is 12.2. The van der Waals surface area contributed by atoms with Crippen LogP contribution in [0.1, 0.15) is 12.5 Å². The van der Waals surface area contributed by atoms with Gasteiger partial charge in [0.2, 0.25) is 5.91 Å². The van der Waals surface area contributed by atoms with E-state index in [-0.39, 0.29) is 6.61 Å². The first-order chi connectivity index (χ1) is 10.1. The average Bonchev–Trinajstić information content (AvgIpc) is 3.00. The van der Waals surface area contributed by atoms with Crippen LogP contribution in [-0.2, 0) is 16.1 Å². The lowest BCUT2D eigenvalue weighted by Gasteiger charge is -2.24. The summed E-state index contributed by atoms with van der Waals surface area (Å²) >= 11 is 1.32. The van der Waals surface area contributed by atoms with E-state index in [1.54, 1.807) is 10.9 Å². The lowest BCUT2D eigenvalue weighted by molar-refractivity contribution is -0.118. The topological polar surface area (TPSA) is 85.5 Å². The standard InChI is InChI=1S/C14H15N3O3S/c1-10(13(15)18)17(12-8-21-9-16-12)14(19)20-7-11-5-3-2-4-6-11/h2-6,8-10H,7H2,1H3,(H2,15,18)/t10-/m0/s1. The molecule has 1 atom stereocenters. The average molecular weight is 305 g/mol. The highest BCUT2D eigenvalue weighted by Gasteiger charge is 2.28. The number of hydrogen-bond donors (Lipinski definition) is 1. The Bertz CT molecular complexity index is 601. The number of nitrogens with two attached hydrogens (primary N) is 1. The molecule has 0 aliphatic carbocycles. The van der Waals surface area contributed by atoms with Gasteiger partial charge >= 0.3 is 6.09 Å². The first-order valence-corrected chi connectivity index (χ1v) is 7.21. The molecule has 0 fully saturated rings. The van der Waals surface area contributed by atoms with E-state index in [4.69, 9.17) is 10.5 Å². The van der Waals surface area contributed by atoms with Crippen molar-refractivity contribution in [3.8, 4) is 0 Å². The first kappa shape index (κ1) is 15.0. The lowest BCUT2D eigenvalue weighted by atomic mass is 10.2. The minimum Gasteiger partial charge on any atom is -0.444 e. The monoisotopic (exact) mass is 305 g/mol. The lowest BCUT2D eigenvalue weighted by Crippen LogP contribution is -2.46. The van der Waals surface area contributed by atoms with E-state index in [0.717, 1.165) is 10.5 Å². The molecule has 1 aromatic heterocycles. The number of carbonyl (C=O) groups is 2. The molecule has 1 heterocycles. The van der Waals surface area contributed by atoms with E-state index < -0.39 is 18.0 Å². The Morgan fingerprint density at radius 1 is 1.38 bits per heavy atom. The fourth-order valence-corrected chi connectivity index (χ4v) is 2.22. The molecule has 0 aliphatic heterocycles. The zero-order valence-corrected chi connectivity index (χ0v) is 12.2. The molecule has 0 unspecified atom stereocenters. The van der Waals surface area contributed by atoms with Gasteiger partial charge in [0.1, 0.15) is 18.5 Å². The highest BCUT2D eigenvalue weighted by Crippen LogP contribution is 2.18. The first-order valence-electron chi connectivity index (χ1n) is 6.27. The van der Waals surface area contributed by atoms with Crippen molar-refractivity contribution in [3.63, 3.8) is 0 Å². The summed E-state index contributed by atoms with van der Waals surface area (Å²) in [6.45, 7) is 1.65. The zero-order chi connectivity index (χ0) is 15.2. The Hall–Kier alpha value is -2.41. The highest BCUT2D eigenvalue weighted by atomic mass is 32.1. The van der Waals surface area contributed by atoms with Crippen molar-refractivity contribution in [2.45, 2.75) is 19.6 Å². The van der Waals surface area contributed by atoms with Crippen LogP contribution < -0.4 is 10.6 Å². The maximum absolute atomic E-state index is 12.2. The predicted octanol–water partition coefficient (Wildman–Crippen LogP) is 2.16. The second-order valence-electron chi connectivity index (χ2n) is 4.34. The van der Waals surface area contributed by atoms with E-state index in [1.165, 1.54) is 18.3 Å². The summed E-state index contributed by atoms with van der Waals surface area (Å²) in [7, 11) is 0. The SMILES string of the molecule is C[C@@H](C(N)=O)N(C(=O)OCc1ccccc1)c1cscn1. The van der Waals surface area contributed by atoms with Gasteiger partial charge in [0.25, 0.3) is 0 Å². The molecule has 0 aliphatic rings. The van der Waals surface area contributed by atoms with Crippen molar-refractivity contribution in [1.29, 1.82) is 0 Å². The van der Waals surface area contributed by atoms with Gasteiger partial charge in [0.05, 0.1) is 5.51 Å². The van der Waals surface area contributed by atoms with E-state index in [0.29, 0.717) is 5.82 Å². The van der Waals surface area contributed by atoms with Gasteiger partial charge in [-0.15, -0.1) is 11.3 Å². The second-order valence-corrected chi connectivity index (χ2v) is 5.05. The van der Waals surface area contributed by atoms with Crippen LogP contribution in [-0.4, -0.2) is 23.0 Å². The third kappa shape index (κ3) is 3.79. The highest BCUT2D eigenvalue weighted by molar-refractivity contribution is 7.07. The van der Waals surface area contributed by atoms with Crippen molar-refractivity contribution in [2.24, 2.45) is 5.73 Å². The van der Waals surface area contributed by atoms with Crippen LogP contribution in [0.2, 0.25) is 0 Å². The third-order valence-corrected chi connectivity index (χ3v) is 3.44. The Labute approximate surface area is 126 Å². The molecule has 0 spiro atoms. The smallest absolute Gasteiger partial charge is 0.416 e. The number of ether oxygens (including phenoxy) is 1. The van der Waals surface area contributed by atoms with Gasteiger partial charge < -0.3 is 10.5 Å². The molecule has 2 aromatic rings. The van der Waals surface area contributed by atoms with Crippen molar-refractivity contribution in [1.82, 2.24) is 4.98 Å². The fourth-order valence-electron chi connectivity index (χ4n) is 1.69. The number of anilines is 1. The van der Waals surface area contributed by atoms with Crippen LogP contribution >= 0.6 is 11.3 Å². The summed E-state index contributed by atoms with van der Waals surface area (Å²) in [6.07, 6.45) is -0.656. The molecule has 110 valence electrons. The van der Waals surface area contributed by atoms with Crippen molar-refractivity contribution in [3.05, 3.63) is 46.8 Å². The number of nitrogens with zero attached hydrogens (tertiary/aromatic N) is 2. The van der Waals surface area contributed by atoms with E-state index in [1.807, 2.05) is 30.3 Å². The Kier molecular flexibility index (Phi) is 4.89. The molecule has 0 saturated heterocycles. The van der Waals surface area contributed by atoms with Gasteiger partial charge in [0.15, 0.2) is 0 Å². The van der Waals surface area contributed by atoms with Crippen LogP contribution in [0.15, 0.2) is 41.2 Å². The number of primary amides is 1. The van der Waals surface area contributed by atoms with Crippen molar-refractivity contribution >= 4 is 29.2 Å². The number of benzene rings is 1. The zero-order valence-electron chi connectivity index (χ0n) is 11.4. The van der Waals surface area contributed by atoms with Gasteiger partial charge in [-0.2, -0.15) is 0 Å². The Morgan fingerprint density at radius 3 is 2.67 bits per heavy atom. The number of amides is 2. The van der Waals surface area contributed by atoms with Gasteiger partial charge in [-0.05, 0) is 12.5 Å². The third-order valence-electron chi connectivity index (χ3n) is 2.87. The molecular formula is C14H15N3O3S. The minimum absolute atomic E-state index is 0.117. The van der Waals surface area contributed by atoms with Crippen LogP contribution in [0.3, 0.4) is 0 Å². The molecule has 0 bridgehead atoms. The van der Waals surface area contributed by atoms with Gasteiger partial charge in [0, 0.05) is 5.38 Å². The van der Waals surface area contributed by atoms with Gasteiger partial charge in [-0.1, -0.05) is 30.3 Å². The Balaban J connectivity index is 2.10. The molecule has 2 N–H and O–H groups in total. The van der Waals surface area contributed by atoms with E-state index in [2.05, 4.69) is 4.98 Å². The summed E-state index contributed by atoms with van der Waals surface area (Å²) < 4.78 is 5.23. The van der Waals surface area contributed by atoms with Crippen molar-refractivity contribution in [2.75, 3.05) is 4.90 Å². The van der Waals surface area contributed by atoms with E-state index >= 15 is 0 Å². The normalized spacial score (nSPS) is 11.7. The second kappa shape index (κ2) is 6.85. The summed E-state index contributed by atoms with van der Waals surface area (Å²) in [5, 5.41) is 1.66. The van der Waals surface area contributed by atoms with Crippen LogP contribution in [0, 0.1) is 0 Å². The van der Waals surface area contributed by atoms with Crippen LogP contribution in [0.25, 0.3) is 0 Å². The number of aromatic nitrogens is 1. The number of thiazole rings is 1. The number of carbonyl (C=O) groups excluding carboxylic acids is 2. The van der Waals surface area contributed by atoms with Crippen LogP contribution in [0.4, 0.5) is 10.6 Å². The van der Waals surface area contributed by atoms with E-state index in [9.17, 15) is 9.59 Å². The van der Waals surface area contributed by atoms with Gasteiger partial charge in [-0.3, -0.25) is 4.79 Å². The summed E-state index contributed by atoms with van der Waals surface area (Å²) in [5.41, 5.74) is 7.70.